The molecule has 0 aliphatic carbocycles. The van der Waals surface area contributed by atoms with E-state index in [1.54, 1.807) is 48.5 Å². The average molecular weight is 292 g/mol. The number of carbonyl (C=O) groups excluding carboxylic acids is 1. The molecule has 4 nitrogen and oxygen atoms in total. The summed E-state index contributed by atoms with van der Waals surface area (Å²) >= 11 is 5.94. The molecule has 104 valence electrons. The van der Waals surface area contributed by atoms with Crippen LogP contribution in [0.3, 0.4) is 0 Å². The van der Waals surface area contributed by atoms with Crippen molar-refractivity contribution in [3.63, 3.8) is 0 Å². The molecule has 0 aromatic heterocycles. The quantitative estimate of drug-likeness (QED) is 0.890. The van der Waals surface area contributed by atoms with Crippen LogP contribution in [0.1, 0.15) is 5.56 Å². The molecule has 2 aromatic rings. The number of hydrogen-bond donors (Lipinski definition) is 2. The van der Waals surface area contributed by atoms with Gasteiger partial charge in [-0.1, -0.05) is 35.9 Å². The summed E-state index contributed by atoms with van der Waals surface area (Å²) in [5, 5.41) is 12.2. The van der Waals surface area contributed by atoms with Crippen LogP contribution < -0.4 is 10.1 Å². The number of amides is 1. The molecular formula is C15H14ClNO3. The predicted octanol–water partition coefficient (Wildman–Crippen LogP) is 2.85. The second-order valence-corrected chi connectivity index (χ2v) is 4.53. The lowest BCUT2D eigenvalue weighted by Crippen LogP contribution is -2.20. The summed E-state index contributed by atoms with van der Waals surface area (Å²) in [6.07, 6.45) is 0. The molecule has 0 atom stereocenters. The molecule has 0 aliphatic heterocycles. The van der Waals surface area contributed by atoms with Gasteiger partial charge in [-0.25, -0.2) is 0 Å². The minimum atomic E-state index is -0.299. The number of rotatable bonds is 5. The maximum absolute atomic E-state index is 11.7. The van der Waals surface area contributed by atoms with Gasteiger partial charge in [0.15, 0.2) is 6.61 Å². The first-order valence-electron chi connectivity index (χ1n) is 6.06. The van der Waals surface area contributed by atoms with Gasteiger partial charge in [0.2, 0.25) is 0 Å². The molecule has 0 radical (unpaired) electrons. The largest absolute Gasteiger partial charge is 0.484 e. The van der Waals surface area contributed by atoms with E-state index in [4.69, 9.17) is 21.4 Å². The zero-order valence-electron chi connectivity index (χ0n) is 10.7. The third kappa shape index (κ3) is 3.98. The summed E-state index contributed by atoms with van der Waals surface area (Å²) in [4.78, 5) is 11.7. The fourth-order valence-corrected chi connectivity index (χ4v) is 1.81. The van der Waals surface area contributed by atoms with Crippen molar-refractivity contribution in [2.45, 2.75) is 6.61 Å². The van der Waals surface area contributed by atoms with Crippen LogP contribution >= 0.6 is 11.6 Å². The highest BCUT2D eigenvalue weighted by Gasteiger charge is 2.06. The summed E-state index contributed by atoms with van der Waals surface area (Å²) in [5.74, 6) is 0.235. The number of halogens is 1. The maximum atomic E-state index is 11.7. The molecule has 0 heterocycles. The molecule has 0 saturated carbocycles. The van der Waals surface area contributed by atoms with E-state index >= 15 is 0 Å². The first-order chi connectivity index (χ1) is 9.69. The Balaban J connectivity index is 1.90. The van der Waals surface area contributed by atoms with Crippen molar-refractivity contribution in [1.29, 1.82) is 0 Å². The topological polar surface area (TPSA) is 58.6 Å². The monoisotopic (exact) mass is 291 g/mol. The van der Waals surface area contributed by atoms with E-state index < -0.39 is 0 Å². The van der Waals surface area contributed by atoms with Crippen LogP contribution in [0.5, 0.6) is 5.75 Å². The van der Waals surface area contributed by atoms with Crippen molar-refractivity contribution in [2.24, 2.45) is 0 Å². The number of hydrogen-bond acceptors (Lipinski definition) is 3. The molecule has 5 heteroatoms. The number of nitrogens with one attached hydrogen (secondary N) is 1. The van der Waals surface area contributed by atoms with E-state index in [0.29, 0.717) is 16.5 Å². The van der Waals surface area contributed by atoms with Crippen molar-refractivity contribution >= 4 is 23.2 Å². The van der Waals surface area contributed by atoms with Crippen molar-refractivity contribution in [3.8, 4) is 5.75 Å². The number of aliphatic hydroxyl groups is 1. The Morgan fingerprint density at radius 2 is 2.00 bits per heavy atom. The highest BCUT2D eigenvalue weighted by atomic mass is 35.5. The summed E-state index contributed by atoms with van der Waals surface area (Å²) in [5.41, 5.74) is 1.28. The molecule has 20 heavy (non-hydrogen) atoms. The Bertz CT molecular complexity index is 601. The zero-order valence-corrected chi connectivity index (χ0v) is 11.4. The van der Waals surface area contributed by atoms with Crippen molar-refractivity contribution < 1.29 is 14.6 Å². The average Bonchev–Trinajstić information content (AvgIpc) is 2.48. The Morgan fingerprint density at radius 1 is 1.20 bits per heavy atom. The van der Waals surface area contributed by atoms with Crippen molar-refractivity contribution in [1.82, 2.24) is 0 Å². The van der Waals surface area contributed by atoms with Gasteiger partial charge in [-0.05, 0) is 29.8 Å². The summed E-state index contributed by atoms with van der Waals surface area (Å²) in [7, 11) is 0. The van der Waals surface area contributed by atoms with Gasteiger partial charge in [-0.15, -0.1) is 0 Å². The Kier molecular flexibility index (Phi) is 4.98. The first kappa shape index (κ1) is 14.4. The molecule has 0 fully saturated rings. The van der Waals surface area contributed by atoms with Gasteiger partial charge in [-0.2, -0.15) is 0 Å². The lowest BCUT2D eigenvalue weighted by Gasteiger charge is -2.09. The van der Waals surface area contributed by atoms with E-state index in [0.717, 1.165) is 5.56 Å². The fraction of sp³-hybridized carbons (Fsp3) is 0.133. The smallest absolute Gasteiger partial charge is 0.262 e. The van der Waals surface area contributed by atoms with Crippen molar-refractivity contribution in [2.75, 3.05) is 11.9 Å². The normalized spacial score (nSPS) is 10.1. The Morgan fingerprint density at radius 3 is 2.75 bits per heavy atom. The van der Waals surface area contributed by atoms with Gasteiger partial charge in [0.1, 0.15) is 5.75 Å². The second kappa shape index (κ2) is 6.93. The standard InChI is InChI=1S/C15H14ClNO3/c16-13-6-1-2-7-14(13)17-15(19)10-20-12-5-3-4-11(8-12)9-18/h1-8,18H,9-10H2,(H,17,19). The predicted molar refractivity (Wildman–Crippen MR) is 77.9 cm³/mol. The lowest BCUT2D eigenvalue weighted by molar-refractivity contribution is -0.118. The number of carbonyl (C=O) groups is 1. The Hall–Kier alpha value is -2.04. The van der Waals surface area contributed by atoms with E-state index in [1.807, 2.05) is 0 Å². The molecule has 2 rings (SSSR count). The van der Waals surface area contributed by atoms with Crippen LogP contribution in [0.15, 0.2) is 48.5 Å². The van der Waals surface area contributed by atoms with Crippen LogP contribution in [-0.4, -0.2) is 17.6 Å². The minimum absolute atomic E-state index is 0.0664. The van der Waals surface area contributed by atoms with Gasteiger partial charge in [0.05, 0.1) is 17.3 Å². The number of anilines is 1. The molecule has 1 amide bonds. The number of ether oxygens (including phenoxy) is 1. The third-order valence-electron chi connectivity index (χ3n) is 2.60. The van der Waals surface area contributed by atoms with Gasteiger partial charge < -0.3 is 15.2 Å². The van der Waals surface area contributed by atoms with Gasteiger partial charge >= 0.3 is 0 Å². The molecule has 0 saturated heterocycles. The molecule has 0 unspecified atom stereocenters. The fourth-order valence-electron chi connectivity index (χ4n) is 1.63. The van der Waals surface area contributed by atoms with Crippen molar-refractivity contribution in [3.05, 3.63) is 59.1 Å². The SMILES string of the molecule is O=C(COc1cccc(CO)c1)Nc1ccccc1Cl. The molecule has 2 aromatic carbocycles. The Labute approximate surface area is 122 Å². The molecule has 0 aliphatic rings. The first-order valence-corrected chi connectivity index (χ1v) is 6.44. The number of benzene rings is 2. The summed E-state index contributed by atoms with van der Waals surface area (Å²) in [6.45, 7) is -0.191. The highest BCUT2D eigenvalue weighted by molar-refractivity contribution is 6.33. The second-order valence-electron chi connectivity index (χ2n) is 4.12. The van der Waals surface area contributed by atoms with E-state index in [-0.39, 0.29) is 19.1 Å². The van der Waals surface area contributed by atoms with E-state index in [1.165, 1.54) is 0 Å². The van der Waals surface area contributed by atoms with Crippen LogP contribution in [-0.2, 0) is 11.4 Å². The number of aliphatic hydroxyl groups excluding tert-OH is 1. The van der Waals surface area contributed by atoms with Gasteiger partial charge in [-0.3, -0.25) is 4.79 Å². The maximum Gasteiger partial charge on any atom is 0.262 e. The van der Waals surface area contributed by atoms with E-state index in [9.17, 15) is 4.79 Å². The van der Waals surface area contributed by atoms with Gasteiger partial charge in [0.25, 0.3) is 5.91 Å². The lowest BCUT2D eigenvalue weighted by atomic mass is 10.2. The number of para-hydroxylation sites is 1. The van der Waals surface area contributed by atoms with Crippen LogP contribution in [0.2, 0.25) is 5.02 Å². The summed E-state index contributed by atoms with van der Waals surface area (Å²) < 4.78 is 5.36. The summed E-state index contributed by atoms with van der Waals surface area (Å²) in [6, 6.07) is 13.9. The van der Waals surface area contributed by atoms with Gasteiger partial charge in [0, 0.05) is 0 Å². The highest BCUT2D eigenvalue weighted by Crippen LogP contribution is 2.20. The van der Waals surface area contributed by atoms with Crippen LogP contribution in [0.4, 0.5) is 5.69 Å². The molecule has 0 bridgehead atoms. The van der Waals surface area contributed by atoms with E-state index in [2.05, 4.69) is 5.32 Å². The third-order valence-corrected chi connectivity index (χ3v) is 2.93. The molecular weight excluding hydrogens is 278 g/mol. The minimum Gasteiger partial charge on any atom is -0.484 e. The zero-order chi connectivity index (χ0) is 14.4. The molecule has 0 spiro atoms. The van der Waals surface area contributed by atoms with Crippen LogP contribution in [0, 0.1) is 0 Å². The molecule has 2 N–H and O–H groups in total. The van der Waals surface area contributed by atoms with Crippen LogP contribution in [0.25, 0.3) is 0 Å².